The number of pyridine rings is 1. The van der Waals surface area contributed by atoms with Crippen LogP contribution in [-0.4, -0.2) is 41.6 Å². The van der Waals surface area contributed by atoms with Gasteiger partial charge in [0.05, 0.1) is 11.3 Å². The first kappa shape index (κ1) is 21.3. The van der Waals surface area contributed by atoms with Crippen molar-refractivity contribution in [3.05, 3.63) is 57.8 Å². The van der Waals surface area contributed by atoms with Crippen molar-refractivity contribution >= 4 is 48.6 Å². The number of carbonyl (C=O) groups excluding carboxylic acids is 1. The Morgan fingerprint density at radius 2 is 1.97 bits per heavy atom. The second kappa shape index (κ2) is 8.17. The molecule has 1 aromatic carbocycles. The van der Waals surface area contributed by atoms with Crippen molar-refractivity contribution in [3.63, 3.8) is 0 Å². The third kappa shape index (κ3) is 4.02. The lowest BCUT2D eigenvalue weighted by atomic mass is 10.0. The molecule has 0 aliphatic rings. The van der Waals surface area contributed by atoms with E-state index in [9.17, 15) is 17.6 Å². The highest BCUT2D eigenvalue weighted by Gasteiger charge is 2.27. The number of H-pyrrole nitrogens is 1. The van der Waals surface area contributed by atoms with Crippen molar-refractivity contribution in [3.8, 4) is 0 Å². The second-order valence-electron chi connectivity index (χ2n) is 6.06. The van der Waals surface area contributed by atoms with E-state index < -0.39 is 38.9 Å². The van der Waals surface area contributed by atoms with E-state index in [2.05, 4.69) is 30.6 Å². The number of anilines is 1. The Kier molecular flexibility index (Phi) is 6.01. The van der Waals surface area contributed by atoms with Crippen LogP contribution in [0.25, 0.3) is 11.0 Å². The van der Waals surface area contributed by atoms with Gasteiger partial charge in [0.15, 0.2) is 5.82 Å². The maximum atomic E-state index is 15.0. The molecule has 0 atom stereocenters. The Morgan fingerprint density at radius 3 is 2.62 bits per heavy atom. The maximum absolute atomic E-state index is 15.0. The molecule has 0 bridgehead atoms. The lowest BCUT2D eigenvalue weighted by molar-refractivity contribution is 0.103. The molecular weight excluding hydrogens is 470 g/mol. The Hall–Kier alpha value is -2.37. The maximum Gasteiger partial charge on any atom is 0.301 e. The number of aromatic nitrogens is 2. The van der Waals surface area contributed by atoms with Gasteiger partial charge in [-0.25, -0.2) is 13.8 Å². The summed E-state index contributed by atoms with van der Waals surface area (Å²) in [6, 6.07) is 3.38. The third-order valence-electron chi connectivity index (χ3n) is 4.34. The van der Waals surface area contributed by atoms with Gasteiger partial charge in [-0.05, 0) is 34.1 Å². The van der Waals surface area contributed by atoms with Crippen LogP contribution in [0.5, 0.6) is 0 Å². The predicted molar refractivity (Wildman–Crippen MR) is 109 cm³/mol. The van der Waals surface area contributed by atoms with E-state index in [0.29, 0.717) is 15.5 Å². The first-order valence-electron chi connectivity index (χ1n) is 8.62. The summed E-state index contributed by atoms with van der Waals surface area (Å²) in [4.78, 5) is 19.8. The van der Waals surface area contributed by atoms with Crippen molar-refractivity contribution in [2.45, 2.75) is 13.8 Å². The average molecular weight is 487 g/mol. The molecule has 3 aromatic rings. The number of hydrogen-bond donors (Lipinski definition) is 2. The highest BCUT2D eigenvalue weighted by molar-refractivity contribution is 9.10. The topological polar surface area (TPSA) is 95.2 Å². The second-order valence-corrected chi connectivity index (χ2v) is 8.64. The van der Waals surface area contributed by atoms with E-state index in [1.807, 2.05) is 0 Å². The van der Waals surface area contributed by atoms with Gasteiger partial charge in [-0.3, -0.25) is 9.52 Å². The van der Waals surface area contributed by atoms with E-state index in [1.165, 1.54) is 12.4 Å². The van der Waals surface area contributed by atoms with Crippen molar-refractivity contribution < 1.29 is 22.0 Å². The summed E-state index contributed by atoms with van der Waals surface area (Å²) in [5.41, 5.74) is -0.988. The van der Waals surface area contributed by atoms with E-state index in [1.54, 1.807) is 19.9 Å². The van der Waals surface area contributed by atoms with E-state index in [0.717, 1.165) is 16.4 Å². The summed E-state index contributed by atoms with van der Waals surface area (Å²) >= 11 is 3.24. The highest BCUT2D eigenvalue weighted by atomic mass is 79.9. The van der Waals surface area contributed by atoms with E-state index in [-0.39, 0.29) is 18.7 Å². The van der Waals surface area contributed by atoms with Crippen LogP contribution in [0.1, 0.15) is 29.8 Å². The molecule has 0 spiro atoms. The van der Waals surface area contributed by atoms with Crippen LogP contribution in [0.15, 0.2) is 35.1 Å². The van der Waals surface area contributed by atoms with Gasteiger partial charge in [0, 0.05) is 40.9 Å². The molecule has 11 heteroatoms. The van der Waals surface area contributed by atoms with Crippen LogP contribution in [0.4, 0.5) is 14.5 Å². The molecule has 0 amide bonds. The van der Waals surface area contributed by atoms with Gasteiger partial charge in [0.25, 0.3) is 0 Å². The summed E-state index contributed by atoms with van der Waals surface area (Å²) in [5, 5.41) is 0.372. The summed E-state index contributed by atoms with van der Waals surface area (Å²) in [6.45, 7) is 3.58. The van der Waals surface area contributed by atoms with Crippen LogP contribution >= 0.6 is 15.9 Å². The van der Waals surface area contributed by atoms with Gasteiger partial charge in [0.2, 0.25) is 5.78 Å². The molecule has 0 unspecified atom stereocenters. The zero-order chi connectivity index (χ0) is 21.3. The number of rotatable bonds is 7. The number of hydrogen-bond acceptors (Lipinski definition) is 4. The van der Waals surface area contributed by atoms with E-state index >= 15 is 4.39 Å². The molecule has 0 radical (unpaired) electrons. The molecule has 7 nitrogen and oxygen atoms in total. The fourth-order valence-electron chi connectivity index (χ4n) is 2.91. The number of ketones is 1. The first-order chi connectivity index (χ1) is 13.7. The fraction of sp³-hybridized carbons (Fsp3) is 0.222. The summed E-state index contributed by atoms with van der Waals surface area (Å²) < 4.78 is 57.9. The van der Waals surface area contributed by atoms with Gasteiger partial charge in [0.1, 0.15) is 11.5 Å². The summed E-state index contributed by atoms with van der Waals surface area (Å²) in [5.74, 6) is -3.33. The minimum absolute atomic E-state index is 0.00958. The molecule has 154 valence electrons. The minimum atomic E-state index is -4.06. The van der Waals surface area contributed by atoms with Crippen LogP contribution in [-0.2, 0) is 10.2 Å². The Morgan fingerprint density at radius 1 is 1.28 bits per heavy atom. The molecule has 0 fully saturated rings. The van der Waals surface area contributed by atoms with Crippen LogP contribution < -0.4 is 4.72 Å². The number of halogens is 3. The standard InChI is InChI=1S/C18H17BrF2N4O3S/c1-3-25(4-2)29(27,28)24-14-6-5-13(20)15(16(14)21)17(26)12-9-23-18-11(12)7-10(19)8-22-18/h5-9,24H,3-4H2,1-2H3,(H,22,23). The summed E-state index contributed by atoms with van der Waals surface area (Å²) in [7, 11) is -4.06. The van der Waals surface area contributed by atoms with Gasteiger partial charge in [-0.2, -0.15) is 12.7 Å². The first-order valence-corrected chi connectivity index (χ1v) is 10.9. The van der Waals surface area contributed by atoms with E-state index in [4.69, 9.17) is 0 Å². The number of carbonyl (C=O) groups is 1. The van der Waals surface area contributed by atoms with Crippen LogP contribution in [0.2, 0.25) is 0 Å². The van der Waals surface area contributed by atoms with Crippen LogP contribution in [0.3, 0.4) is 0 Å². The monoisotopic (exact) mass is 486 g/mol. The van der Waals surface area contributed by atoms with Gasteiger partial charge < -0.3 is 4.98 Å². The largest absolute Gasteiger partial charge is 0.345 e. The number of benzene rings is 1. The number of fused-ring (bicyclic) bond motifs is 1. The summed E-state index contributed by atoms with van der Waals surface area (Å²) in [6.07, 6.45) is 2.81. The Labute approximate surface area is 174 Å². The molecule has 0 saturated carbocycles. The lowest BCUT2D eigenvalue weighted by Crippen LogP contribution is -2.35. The Balaban J connectivity index is 2.07. The van der Waals surface area contributed by atoms with Crippen molar-refractivity contribution in [2.24, 2.45) is 0 Å². The number of nitrogens with one attached hydrogen (secondary N) is 2. The molecule has 29 heavy (non-hydrogen) atoms. The highest BCUT2D eigenvalue weighted by Crippen LogP contribution is 2.28. The van der Waals surface area contributed by atoms with Gasteiger partial charge in [-0.15, -0.1) is 0 Å². The molecule has 0 saturated heterocycles. The van der Waals surface area contributed by atoms with Gasteiger partial charge in [-0.1, -0.05) is 13.8 Å². The molecule has 3 rings (SSSR count). The van der Waals surface area contributed by atoms with Crippen LogP contribution in [0, 0.1) is 11.6 Å². The molecule has 2 N–H and O–H groups in total. The minimum Gasteiger partial charge on any atom is -0.345 e. The molecule has 0 aliphatic carbocycles. The smallest absolute Gasteiger partial charge is 0.301 e. The third-order valence-corrected chi connectivity index (χ3v) is 6.45. The van der Waals surface area contributed by atoms with Crippen molar-refractivity contribution in [2.75, 3.05) is 17.8 Å². The fourth-order valence-corrected chi connectivity index (χ4v) is 4.48. The molecule has 2 aromatic heterocycles. The normalized spacial score (nSPS) is 11.9. The number of aromatic amines is 1. The van der Waals surface area contributed by atoms with Crippen molar-refractivity contribution in [1.82, 2.24) is 14.3 Å². The van der Waals surface area contributed by atoms with Gasteiger partial charge >= 0.3 is 10.2 Å². The quantitative estimate of drug-likeness (QED) is 0.496. The molecule has 0 aliphatic heterocycles. The zero-order valence-corrected chi connectivity index (χ0v) is 17.9. The van der Waals surface area contributed by atoms with Crippen molar-refractivity contribution in [1.29, 1.82) is 0 Å². The predicted octanol–water partition coefficient (Wildman–Crippen LogP) is 3.83. The molecule has 2 heterocycles. The lowest BCUT2D eigenvalue weighted by Gasteiger charge is -2.20. The SMILES string of the molecule is CCN(CC)S(=O)(=O)Nc1ccc(F)c(C(=O)c2c[nH]c3ncc(Br)cc23)c1F. The number of nitrogens with zero attached hydrogens (tertiary/aromatic N) is 2. The Bertz CT molecular complexity index is 1190. The zero-order valence-electron chi connectivity index (χ0n) is 15.5. The average Bonchev–Trinajstić information content (AvgIpc) is 3.07. The molecular formula is C18H17BrF2N4O3S.